The first-order chi connectivity index (χ1) is 5.70. The van der Waals surface area contributed by atoms with Gasteiger partial charge in [0.05, 0.1) is 0 Å². The van der Waals surface area contributed by atoms with E-state index in [0.29, 0.717) is 6.54 Å². The molecule has 12 heavy (non-hydrogen) atoms. The Labute approximate surface area is 79.6 Å². The minimum absolute atomic E-state index is 0.00856. The molecule has 0 unspecified atom stereocenters. The lowest BCUT2D eigenvalue weighted by Gasteiger charge is -2.04. The van der Waals surface area contributed by atoms with Crippen molar-refractivity contribution in [2.24, 2.45) is 5.73 Å². The minimum atomic E-state index is -0.00856. The Balaban J connectivity index is 2.63. The summed E-state index contributed by atoms with van der Waals surface area (Å²) in [7, 11) is 0. The second-order valence-corrected chi connectivity index (χ2v) is 3.21. The third-order valence-corrected chi connectivity index (χ3v) is 2.20. The van der Waals surface area contributed by atoms with Gasteiger partial charge in [-0.2, -0.15) is 0 Å². The Morgan fingerprint density at radius 1 is 1.50 bits per heavy atom. The molecule has 3 nitrogen and oxygen atoms in total. The van der Waals surface area contributed by atoms with Gasteiger partial charge in [0, 0.05) is 11.0 Å². The monoisotopic (exact) mass is 227 g/mol. The van der Waals surface area contributed by atoms with E-state index in [0.717, 1.165) is 10.0 Å². The average Bonchev–Trinajstić information content (AvgIpc) is 2.03. The standard InChI is InChI=1S/C8H10BrN3/c9-7-4-2-1-3-6(7)5-12-8(10)11/h1-4H,5H2,(H4,10,11,12). The van der Waals surface area contributed by atoms with Crippen LogP contribution in [0.15, 0.2) is 28.7 Å². The van der Waals surface area contributed by atoms with E-state index in [-0.39, 0.29) is 5.96 Å². The molecule has 1 aromatic carbocycles. The predicted octanol–water partition coefficient (Wildman–Crippen LogP) is 1.43. The molecule has 1 aromatic rings. The molecule has 0 saturated heterocycles. The number of hydrogen-bond donors (Lipinski definition) is 3. The van der Waals surface area contributed by atoms with Gasteiger partial charge in [0.15, 0.2) is 5.96 Å². The Morgan fingerprint density at radius 3 is 2.75 bits per heavy atom. The van der Waals surface area contributed by atoms with Gasteiger partial charge in [-0.05, 0) is 11.6 Å². The highest BCUT2D eigenvalue weighted by Gasteiger charge is 1.96. The van der Waals surface area contributed by atoms with Crippen molar-refractivity contribution < 1.29 is 0 Å². The van der Waals surface area contributed by atoms with Crippen LogP contribution in [0, 0.1) is 5.41 Å². The third-order valence-electron chi connectivity index (χ3n) is 1.43. The summed E-state index contributed by atoms with van der Waals surface area (Å²) in [6, 6.07) is 7.82. The van der Waals surface area contributed by atoms with Crippen molar-refractivity contribution in [2.45, 2.75) is 6.54 Å². The Hall–Kier alpha value is -1.03. The van der Waals surface area contributed by atoms with Crippen molar-refractivity contribution in [1.29, 1.82) is 5.41 Å². The first-order valence-corrected chi connectivity index (χ1v) is 4.31. The van der Waals surface area contributed by atoms with Crippen LogP contribution in [0.2, 0.25) is 0 Å². The molecule has 4 N–H and O–H groups in total. The fourth-order valence-corrected chi connectivity index (χ4v) is 1.26. The number of nitrogens with two attached hydrogens (primary N) is 1. The fourth-order valence-electron chi connectivity index (χ4n) is 0.832. The molecule has 0 bridgehead atoms. The molecule has 0 saturated carbocycles. The summed E-state index contributed by atoms with van der Waals surface area (Å²) >= 11 is 3.40. The molecule has 0 fully saturated rings. The van der Waals surface area contributed by atoms with Crippen molar-refractivity contribution in [3.05, 3.63) is 34.3 Å². The van der Waals surface area contributed by atoms with Crippen LogP contribution in [0.5, 0.6) is 0 Å². The minimum Gasteiger partial charge on any atom is -0.370 e. The Kier molecular flexibility index (Phi) is 3.10. The largest absolute Gasteiger partial charge is 0.370 e. The SMILES string of the molecule is N=C(N)NCc1ccccc1Br. The van der Waals surface area contributed by atoms with E-state index in [9.17, 15) is 0 Å². The molecule has 0 aliphatic carbocycles. The zero-order chi connectivity index (χ0) is 8.97. The van der Waals surface area contributed by atoms with E-state index in [1.54, 1.807) is 0 Å². The summed E-state index contributed by atoms with van der Waals surface area (Å²) in [5, 5.41) is 9.70. The molecular weight excluding hydrogens is 218 g/mol. The number of rotatable bonds is 2. The maximum atomic E-state index is 6.97. The molecule has 64 valence electrons. The summed E-state index contributed by atoms with van der Waals surface area (Å²) in [6.07, 6.45) is 0. The lowest BCUT2D eigenvalue weighted by atomic mass is 10.2. The molecule has 0 radical (unpaired) electrons. The smallest absolute Gasteiger partial charge is 0.185 e. The maximum absolute atomic E-state index is 6.97. The van der Waals surface area contributed by atoms with Gasteiger partial charge in [0.25, 0.3) is 0 Å². The third kappa shape index (κ3) is 2.54. The normalized spacial score (nSPS) is 9.42. The lowest BCUT2D eigenvalue weighted by Crippen LogP contribution is -2.29. The van der Waals surface area contributed by atoms with E-state index < -0.39 is 0 Å². The summed E-state index contributed by atoms with van der Waals surface area (Å²) in [6.45, 7) is 0.580. The van der Waals surface area contributed by atoms with Crippen molar-refractivity contribution in [1.82, 2.24) is 5.32 Å². The first-order valence-electron chi connectivity index (χ1n) is 3.51. The molecule has 0 spiro atoms. The van der Waals surface area contributed by atoms with E-state index in [1.165, 1.54) is 0 Å². The Morgan fingerprint density at radius 2 is 2.17 bits per heavy atom. The van der Waals surface area contributed by atoms with Crippen molar-refractivity contribution >= 4 is 21.9 Å². The molecule has 0 aromatic heterocycles. The van der Waals surface area contributed by atoms with E-state index in [4.69, 9.17) is 11.1 Å². The molecular formula is C8H10BrN3. The van der Waals surface area contributed by atoms with Gasteiger partial charge in [0.2, 0.25) is 0 Å². The van der Waals surface area contributed by atoms with Gasteiger partial charge in [-0.1, -0.05) is 34.1 Å². The highest BCUT2D eigenvalue weighted by atomic mass is 79.9. The number of benzene rings is 1. The molecule has 0 aliphatic rings. The topological polar surface area (TPSA) is 61.9 Å². The van der Waals surface area contributed by atoms with Crippen LogP contribution in [0.4, 0.5) is 0 Å². The number of hydrogen-bond acceptors (Lipinski definition) is 1. The molecule has 0 heterocycles. The number of nitrogens with one attached hydrogen (secondary N) is 2. The van der Waals surface area contributed by atoms with Crippen LogP contribution in [0.25, 0.3) is 0 Å². The van der Waals surface area contributed by atoms with E-state index in [2.05, 4.69) is 21.2 Å². The van der Waals surface area contributed by atoms with Crippen LogP contribution >= 0.6 is 15.9 Å². The van der Waals surface area contributed by atoms with Crippen LogP contribution < -0.4 is 11.1 Å². The number of halogens is 1. The predicted molar refractivity (Wildman–Crippen MR) is 52.9 cm³/mol. The summed E-state index contributed by atoms with van der Waals surface area (Å²) in [5.74, 6) is -0.00856. The Bertz CT molecular complexity index is 285. The van der Waals surface area contributed by atoms with Gasteiger partial charge >= 0.3 is 0 Å². The summed E-state index contributed by atoms with van der Waals surface area (Å²) in [4.78, 5) is 0. The van der Waals surface area contributed by atoms with E-state index >= 15 is 0 Å². The van der Waals surface area contributed by atoms with Crippen LogP contribution in [-0.4, -0.2) is 5.96 Å². The van der Waals surface area contributed by atoms with Crippen LogP contribution in [0.3, 0.4) is 0 Å². The first kappa shape index (κ1) is 9.06. The zero-order valence-corrected chi connectivity index (χ0v) is 8.06. The van der Waals surface area contributed by atoms with Crippen molar-refractivity contribution in [3.63, 3.8) is 0 Å². The van der Waals surface area contributed by atoms with Gasteiger partial charge in [-0.3, -0.25) is 5.41 Å². The second-order valence-electron chi connectivity index (χ2n) is 2.36. The van der Waals surface area contributed by atoms with Crippen LogP contribution in [0.1, 0.15) is 5.56 Å². The van der Waals surface area contributed by atoms with Gasteiger partial charge < -0.3 is 11.1 Å². The zero-order valence-electron chi connectivity index (χ0n) is 6.47. The van der Waals surface area contributed by atoms with Crippen molar-refractivity contribution in [2.75, 3.05) is 0 Å². The average molecular weight is 228 g/mol. The lowest BCUT2D eigenvalue weighted by molar-refractivity contribution is 0.892. The highest BCUT2D eigenvalue weighted by Crippen LogP contribution is 2.14. The highest BCUT2D eigenvalue weighted by molar-refractivity contribution is 9.10. The fraction of sp³-hybridized carbons (Fsp3) is 0.125. The van der Waals surface area contributed by atoms with Gasteiger partial charge in [-0.15, -0.1) is 0 Å². The van der Waals surface area contributed by atoms with E-state index in [1.807, 2.05) is 24.3 Å². The summed E-state index contributed by atoms with van der Waals surface area (Å²) < 4.78 is 1.03. The maximum Gasteiger partial charge on any atom is 0.185 e. The second kappa shape index (κ2) is 4.11. The summed E-state index contributed by atoms with van der Waals surface area (Å²) in [5.41, 5.74) is 6.24. The quantitative estimate of drug-likeness (QED) is 0.529. The molecule has 1 rings (SSSR count). The van der Waals surface area contributed by atoms with Gasteiger partial charge in [0.1, 0.15) is 0 Å². The molecule has 0 aliphatic heterocycles. The van der Waals surface area contributed by atoms with Crippen molar-refractivity contribution in [3.8, 4) is 0 Å². The molecule has 0 amide bonds. The molecule has 4 heteroatoms. The van der Waals surface area contributed by atoms with Crippen LogP contribution in [-0.2, 0) is 6.54 Å². The van der Waals surface area contributed by atoms with Gasteiger partial charge in [-0.25, -0.2) is 0 Å². The number of guanidine groups is 1. The molecule has 0 atom stereocenters.